The summed E-state index contributed by atoms with van der Waals surface area (Å²) in [5, 5.41) is 3.76. The second-order valence-corrected chi connectivity index (χ2v) is 21.8. The fourth-order valence-corrected chi connectivity index (χ4v) is 25.2. The Labute approximate surface area is 208 Å². The van der Waals surface area contributed by atoms with Crippen molar-refractivity contribution >= 4 is 94.1 Å². The standard InChI is InChI=1S/C21H24S8/c1-2-6-10-9(5-1)13-14(10)23-18-17(22-13)26-21(27-18)28-19-20(29-21)25-16-12-8-4-3-7-11(12)15(16)24-19/h9-16H,1-8H2. The molecule has 4 aliphatic heterocycles. The Balaban J connectivity index is 0.997. The molecular formula is C21H24S8. The van der Waals surface area contributed by atoms with E-state index < -0.39 is 0 Å². The lowest BCUT2D eigenvalue weighted by Gasteiger charge is -2.55. The molecule has 4 saturated carbocycles. The van der Waals surface area contributed by atoms with E-state index in [1.807, 2.05) is 0 Å². The summed E-state index contributed by atoms with van der Waals surface area (Å²) in [6.07, 6.45) is 12.0. The molecule has 156 valence electrons. The third-order valence-corrected chi connectivity index (χ3v) is 22.7. The Hall–Kier alpha value is 2.28. The van der Waals surface area contributed by atoms with Gasteiger partial charge in [0.2, 0.25) is 0 Å². The van der Waals surface area contributed by atoms with Crippen LogP contribution in [0, 0.1) is 23.7 Å². The quantitative estimate of drug-likeness (QED) is 0.299. The van der Waals surface area contributed by atoms with Crippen molar-refractivity contribution in [2.45, 2.75) is 75.1 Å². The van der Waals surface area contributed by atoms with Crippen LogP contribution < -0.4 is 0 Å². The molecule has 0 saturated heterocycles. The van der Waals surface area contributed by atoms with Gasteiger partial charge in [0.05, 0.1) is 16.9 Å². The Bertz CT molecular complexity index is 699. The topological polar surface area (TPSA) is 0 Å². The van der Waals surface area contributed by atoms with Crippen LogP contribution >= 0.6 is 94.1 Å². The van der Waals surface area contributed by atoms with Gasteiger partial charge in [-0.3, -0.25) is 0 Å². The molecule has 0 nitrogen and oxygen atoms in total. The highest BCUT2D eigenvalue weighted by Gasteiger charge is 2.61. The van der Waals surface area contributed by atoms with Crippen molar-refractivity contribution in [1.29, 1.82) is 0 Å². The molecule has 0 aromatic rings. The lowest BCUT2D eigenvalue weighted by atomic mass is 9.64. The van der Waals surface area contributed by atoms with Gasteiger partial charge in [-0.15, -0.1) is 47.0 Å². The van der Waals surface area contributed by atoms with Gasteiger partial charge in [-0.25, -0.2) is 0 Å². The van der Waals surface area contributed by atoms with E-state index in [-0.39, 0.29) is 2.74 Å². The van der Waals surface area contributed by atoms with Gasteiger partial charge < -0.3 is 0 Å². The first-order valence-corrected chi connectivity index (χ1v) is 18.0. The fourth-order valence-electron chi connectivity index (χ4n) is 6.84. The second kappa shape index (κ2) is 7.14. The van der Waals surface area contributed by atoms with E-state index in [9.17, 15) is 0 Å². The van der Waals surface area contributed by atoms with E-state index in [2.05, 4.69) is 94.1 Å². The van der Waals surface area contributed by atoms with Gasteiger partial charge in [-0.05, 0) is 49.4 Å². The average molecular weight is 533 g/mol. The van der Waals surface area contributed by atoms with E-state index in [4.69, 9.17) is 0 Å². The minimum Gasteiger partial charge on any atom is -0.113 e. The van der Waals surface area contributed by atoms with Crippen LogP contribution in [-0.2, 0) is 0 Å². The summed E-state index contributed by atoms with van der Waals surface area (Å²) in [7, 11) is 0. The zero-order valence-electron chi connectivity index (χ0n) is 16.0. The van der Waals surface area contributed by atoms with Crippen LogP contribution in [0.4, 0.5) is 0 Å². The first kappa shape index (κ1) is 19.6. The second-order valence-electron chi connectivity index (χ2n) is 9.61. The third-order valence-electron chi connectivity index (χ3n) is 8.26. The average Bonchev–Trinajstić information content (AvgIpc) is 3.27. The number of rotatable bonds is 0. The van der Waals surface area contributed by atoms with Gasteiger partial charge in [-0.1, -0.05) is 72.7 Å². The summed E-state index contributed by atoms with van der Waals surface area (Å²) in [5.41, 5.74) is 0. The predicted molar refractivity (Wildman–Crippen MR) is 144 cm³/mol. The maximum atomic E-state index is 2.30. The Morgan fingerprint density at radius 2 is 0.724 bits per heavy atom. The third kappa shape index (κ3) is 2.84. The fraction of sp³-hybridized carbons (Fsp3) is 0.810. The lowest BCUT2D eigenvalue weighted by molar-refractivity contribution is 0.136. The van der Waals surface area contributed by atoms with E-state index >= 15 is 0 Å². The van der Waals surface area contributed by atoms with E-state index in [1.54, 1.807) is 16.9 Å². The summed E-state index contributed by atoms with van der Waals surface area (Å²) in [6, 6.07) is 0. The van der Waals surface area contributed by atoms with Crippen molar-refractivity contribution in [3.05, 3.63) is 16.9 Å². The number of hydrogen-bond donors (Lipinski definition) is 0. The van der Waals surface area contributed by atoms with Crippen LogP contribution in [0.5, 0.6) is 0 Å². The molecule has 4 aliphatic carbocycles. The van der Waals surface area contributed by atoms with Gasteiger partial charge in [0.1, 0.15) is 0 Å². The molecule has 0 N–H and O–H groups in total. The van der Waals surface area contributed by atoms with Gasteiger partial charge in [-0.2, -0.15) is 0 Å². The number of hydrogen-bond acceptors (Lipinski definition) is 8. The van der Waals surface area contributed by atoms with Gasteiger partial charge >= 0.3 is 0 Å². The predicted octanol–water partition coefficient (Wildman–Crippen LogP) is 8.89. The molecule has 0 bridgehead atoms. The van der Waals surface area contributed by atoms with Crippen LogP contribution in [0.15, 0.2) is 16.9 Å². The summed E-state index contributed by atoms with van der Waals surface area (Å²) >= 11 is 18.2. The van der Waals surface area contributed by atoms with Crippen LogP contribution in [0.1, 0.15) is 51.4 Å². The molecule has 0 aromatic heterocycles. The van der Waals surface area contributed by atoms with Crippen molar-refractivity contribution in [2.75, 3.05) is 0 Å². The molecule has 4 fully saturated rings. The molecule has 8 heteroatoms. The monoisotopic (exact) mass is 532 g/mol. The van der Waals surface area contributed by atoms with E-state index in [0.717, 1.165) is 44.7 Å². The van der Waals surface area contributed by atoms with Crippen molar-refractivity contribution in [2.24, 2.45) is 23.7 Å². The molecule has 8 unspecified atom stereocenters. The van der Waals surface area contributed by atoms with Crippen molar-refractivity contribution in [3.8, 4) is 0 Å². The molecule has 4 heterocycles. The molecule has 0 aromatic carbocycles. The zero-order chi connectivity index (χ0) is 18.7. The van der Waals surface area contributed by atoms with Gasteiger partial charge in [0, 0.05) is 21.0 Å². The van der Waals surface area contributed by atoms with Crippen LogP contribution in [0.25, 0.3) is 0 Å². The highest BCUT2D eigenvalue weighted by molar-refractivity contribution is 8.60. The van der Waals surface area contributed by atoms with E-state index in [0.29, 0.717) is 0 Å². The van der Waals surface area contributed by atoms with Crippen molar-refractivity contribution < 1.29 is 0 Å². The smallest absolute Gasteiger partial charge is 0.113 e. The lowest BCUT2D eigenvalue weighted by Crippen LogP contribution is -2.54. The normalized spacial score (nSPS) is 54.6. The minimum atomic E-state index is 0.277. The van der Waals surface area contributed by atoms with Crippen molar-refractivity contribution in [1.82, 2.24) is 0 Å². The highest BCUT2D eigenvalue weighted by atomic mass is 32.3. The SMILES string of the molecule is C1CCC2C(C1)C1SC3=C(SC21)SC1(S3)SC2=C(SC3C4CCCCC4C3S2)S1. The van der Waals surface area contributed by atoms with Crippen molar-refractivity contribution in [3.63, 3.8) is 0 Å². The van der Waals surface area contributed by atoms with Gasteiger partial charge in [0.25, 0.3) is 0 Å². The van der Waals surface area contributed by atoms with Crippen LogP contribution in [0.3, 0.4) is 0 Å². The molecular weight excluding hydrogens is 509 g/mol. The van der Waals surface area contributed by atoms with Crippen LogP contribution in [0.2, 0.25) is 0 Å². The molecule has 8 rings (SSSR count). The summed E-state index contributed by atoms with van der Waals surface area (Å²) in [4.78, 5) is 0. The van der Waals surface area contributed by atoms with Crippen LogP contribution in [-0.4, -0.2) is 23.7 Å². The first-order chi connectivity index (χ1) is 14.3. The molecule has 1 spiro atoms. The first-order valence-electron chi connectivity index (χ1n) is 11.2. The van der Waals surface area contributed by atoms with E-state index in [1.165, 1.54) is 51.4 Å². The Kier molecular flexibility index (Phi) is 4.82. The Morgan fingerprint density at radius 1 is 0.448 bits per heavy atom. The largest absolute Gasteiger partial charge is 0.173 e. The van der Waals surface area contributed by atoms with Gasteiger partial charge in [0.15, 0.2) is 2.74 Å². The number of fused-ring (bicyclic) bond motifs is 8. The summed E-state index contributed by atoms with van der Waals surface area (Å²) < 4.78 is 7.10. The highest BCUT2D eigenvalue weighted by Crippen LogP contribution is 2.82. The molecule has 8 aliphatic rings. The minimum absolute atomic E-state index is 0.277. The maximum absolute atomic E-state index is 2.30. The maximum Gasteiger partial charge on any atom is 0.173 e. The summed E-state index contributed by atoms with van der Waals surface area (Å²) in [6.45, 7) is 0. The molecule has 8 atom stereocenters. The zero-order valence-corrected chi connectivity index (χ0v) is 22.6. The molecule has 29 heavy (non-hydrogen) atoms. The molecule has 0 radical (unpaired) electrons. The molecule has 0 amide bonds. The Morgan fingerprint density at radius 3 is 1.00 bits per heavy atom. The summed E-state index contributed by atoms with van der Waals surface area (Å²) in [5.74, 6) is 4.18. The number of thioether (sulfide) groups is 8.